The van der Waals surface area contributed by atoms with E-state index in [1.54, 1.807) is 31.2 Å². The third-order valence-electron chi connectivity index (χ3n) is 4.97. The summed E-state index contributed by atoms with van der Waals surface area (Å²) in [6.07, 6.45) is -0.536. The molecule has 2 heterocycles. The van der Waals surface area contributed by atoms with Crippen LogP contribution in [0.15, 0.2) is 60.7 Å². The number of amides is 1. The number of halogens is 1. The Morgan fingerprint density at radius 1 is 1.00 bits per heavy atom. The summed E-state index contributed by atoms with van der Waals surface area (Å²) in [6.45, 7) is 4.60. The van der Waals surface area contributed by atoms with Crippen molar-refractivity contribution >= 4 is 34.2 Å². The molecular formula is C22H22ClN3O2. The molecular weight excluding hydrogens is 374 g/mol. The molecule has 0 radical (unpaired) electrons. The zero-order valence-corrected chi connectivity index (χ0v) is 16.5. The summed E-state index contributed by atoms with van der Waals surface area (Å²) in [5.41, 5.74) is 0.989. The molecule has 0 bridgehead atoms. The zero-order chi connectivity index (χ0) is 19.5. The number of benzene rings is 2. The summed E-state index contributed by atoms with van der Waals surface area (Å²) >= 11 is 5.89. The number of carbonyl (C=O) groups is 1. The Morgan fingerprint density at radius 3 is 2.46 bits per heavy atom. The van der Waals surface area contributed by atoms with Crippen LogP contribution in [0.5, 0.6) is 5.75 Å². The standard InChI is InChI=1S/C22H22ClN3O2/c1-16(28-19-9-7-18(23)8-10-19)22(27)26-14-12-25(13-15-26)21-11-6-17-4-2-3-5-20(17)24-21/h2-11,16H,12-15H2,1H3. The van der Waals surface area contributed by atoms with Crippen LogP contribution in [0.1, 0.15) is 6.92 Å². The summed E-state index contributed by atoms with van der Waals surface area (Å²) in [4.78, 5) is 21.6. The van der Waals surface area contributed by atoms with Crippen molar-refractivity contribution in [3.8, 4) is 5.75 Å². The van der Waals surface area contributed by atoms with E-state index < -0.39 is 6.10 Å². The number of anilines is 1. The first-order valence-corrected chi connectivity index (χ1v) is 9.80. The Hall–Kier alpha value is -2.79. The van der Waals surface area contributed by atoms with E-state index in [0.717, 1.165) is 29.8 Å². The van der Waals surface area contributed by atoms with E-state index in [0.29, 0.717) is 23.9 Å². The smallest absolute Gasteiger partial charge is 0.263 e. The Morgan fingerprint density at radius 2 is 1.71 bits per heavy atom. The topological polar surface area (TPSA) is 45.7 Å². The van der Waals surface area contributed by atoms with Crippen molar-refractivity contribution in [2.45, 2.75) is 13.0 Å². The maximum Gasteiger partial charge on any atom is 0.263 e. The number of nitrogens with zero attached hydrogens (tertiary/aromatic N) is 3. The van der Waals surface area contributed by atoms with Crippen molar-refractivity contribution in [1.82, 2.24) is 9.88 Å². The van der Waals surface area contributed by atoms with Crippen LogP contribution in [0.4, 0.5) is 5.82 Å². The first-order chi connectivity index (χ1) is 13.6. The average molecular weight is 396 g/mol. The summed E-state index contributed by atoms with van der Waals surface area (Å²) in [5.74, 6) is 1.60. The molecule has 5 nitrogen and oxygen atoms in total. The van der Waals surface area contributed by atoms with Crippen molar-refractivity contribution in [2.75, 3.05) is 31.1 Å². The largest absolute Gasteiger partial charge is 0.481 e. The number of carbonyl (C=O) groups excluding carboxylic acids is 1. The number of ether oxygens (including phenoxy) is 1. The molecule has 0 aliphatic carbocycles. The van der Waals surface area contributed by atoms with Gasteiger partial charge in [0.15, 0.2) is 6.10 Å². The second-order valence-electron chi connectivity index (χ2n) is 6.89. The highest BCUT2D eigenvalue weighted by atomic mass is 35.5. The number of aromatic nitrogens is 1. The van der Waals surface area contributed by atoms with Gasteiger partial charge in [0.25, 0.3) is 5.91 Å². The second-order valence-corrected chi connectivity index (χ2v) is 7.32. The van der Waals surface area contributed by atoms with Gasteiger partial charge in [0.1, 0.15) is 11.6 Å². The molecule has 6 heteroatoms. The van der Waals surface area contributed by atoms with Gasteiger partial charge in [-0.1, -0.05) is 29.8 Å². The fourth-order valence-corrected chi connectivity index (χ4v) is 3.54. The van der Waals surface area contributed by atoms with Crippen molar-refractivity contribution in [3.05, 3.63) is 65.7 Å². The molecule has 0 saturated carbocycles. The Kier molecular flexibility index (Phi) is 5.35. The molecule has 2 aromatic carbocycles. The number of pyridine rings is 1. The van der Waals surface area contributed by atoms with Gasteiger partial charge in [-0.2, -0.15) is 0 Å². The van der Waals surface area contributed by atoms with E-state index in [1.165, 1.54) is 0 Å². The summed E-state index contributed by atoms with van der Waals surface area (Å²) < 4.78 is 5.77. The highest BCUT2D eigenvalue weighted by molar-refractivity contribution is 6.30. The van der Waals surface area contributed by atoms with E-state index in [-0.39, 0.29) is 5.91 Å². The Labute approximate surface area is 169 Å². The monoisotopic (exact) mass is 395 g/mol. The Bertz CT molecular complexity index is 969. The van der Waals surface area contributed by atoms with Gasteiger partial charge >= 0.3 is 0 Å². The summed E-state index contributed by atoms with van der Waals surface area (Å²) in [7, 11) is 0. The summed E-state index contributed by atoms with van der Waals surface area (Å²) in [5, 5.41) is 1.78. The second kappa shape index (κ2) is 8.07. The molecule has 1 aromatic heterocycles. The molecule has 1 aliphatic rings. The van der Waals surface area contributed by atoms with Gasteiger partial charge in [0, 0.05) is 36.6 Å². The van der Waals surface area contributed by atoms with Gasteiger partial charge in [-0.15, -0.1) is 0 Å². The number of hydrogen-bond acceptors (Lipinski definition) is 4. The van der Waals surface area contributed by atoms with E-state index in [4.69, 9.17) is 21.3 Å². The molecule has 1 aliphatic heterocycles. The van der Waals surface area contributed by atoms with Crippen LogP contribution in [0.3, 0.4) is 0 Å². The molecule has 144 valence electrons. The van der Waals surface area contributed by atoms with Gasteiger partial charge in [0.2, 0.25) is 0 Å². The maximum absolute atomic E-state index is 12.7. The minimum Gasteiger partial charge on any atom is -0.481 e. The number of para-hydroxylation sites is 1. The molecule has 1 amide bonds. The predicted octanol–water partition coefficient (Wildman–Crippen LogP) is 4.00. The quantitative estimate of drug-likeness (QED) is 0.669. The zero-order valence-electron chi connectivity index (χ0n) is 15.7. The van der Waals surface area contributed by atoms with Gasteiger partial charge in [-0.3, -0.25) is 4.79 Å². The highest BCUT2D eigenvalue weighted by Gasteiger charge is 2.26. The van der Waals surface area contributed by atoms with Crippen molar-refractivity contribution in [3.63, 3.8) is 0 Å². The fourth-order valence-electron chi connectivity index (χ4n) is 3.41. The minimum absolute atomic E-state index is 0.000991. The number of rotatable bonds is 4. The normalized spacial score (nSPS) is 15.5. The van der Waals surface area contributed by atoms with Crippen LogP contribution in [-0.2, 0) is 4.79 Å². The molecule has 1 unspecified atom stereocenters. The molecule has 1 saturated heterocycles. The van der Waals surface area contributed by atoms with E-state index >= 15 is 0 Å². The van der Waals surface area contributed by atoms with Gasteiger partial charge in [-0.25, -0.2) is 4.98 Å². The SMILES string of the molecule is CC(Oc1ccc(Cl)cc1)C(=O)N1CCN(c2ccc3ccccc3n2)CC1. The molecule has 4 rings (SSSR count). The first kappa shape index (κ1) is 18.6. The fraction of sp³-hybridized carbons (Fsp3) is 0.273. The maximum atomic E-state index is 12.7. The molecule has 0 spiro atoms. The number of piperazine rings is 1. The van der Waals surface area contributed by atoms with Gasteiger partial charge < -0.3 is 14.5 Å². The van der Waals surface area contributed by atoms with Crippen LogP contribution in [-0.4, -0.2) is 48.1 Å². The minimum atomic E-state index is -0.536. The van der Waals surface area contributed by atoms with Gasteiger partial charge in [-0.05, 0) is 49.4 Å². The van der Waals surface area contributed by atoms with E-state index in [9.17, 15) is 4.79 Å². The summed E-state index contributed by atoms with van der Waals surface area (Å²) in [6, 6.07) is 19.3. The first-order valence-electron chi connectivity index (χ1n) is 9.42. The molecule has 28 heavy (non-hydrogen) atoms. The lowest BCUT2D eigenvalue weighted by Crippen LogP contribution is -2.52. The average Bonchev–Trinajstić information content (AvgIpc) is 2.74. The van der Waals surface area contributed by atoms with E-state index in [1.807, 2.05) is 29.2 Å². The van der Waals surface area contributed by atoms with Crippen molar-refractivity contribution in [2.24, 2.45) is 0 Å². The lowest BCUT2D eigenvalue weighted by molar-refractivity contribution is -0.138. The van der Waals surface area contributed by atoms with Crippen molar-refractivity contribution in [1.29, 1.82) is 0 Å². The molecule has 1 fully saturated rings. The molecule has 1 atom stereocenters. The number of hydrogen-bond donors (Lipinski definition) is 0. The van der Waals surface area contributed by atoms with Gasteiger partial charge in [0.05, 0.1) is 5.52 Å². The van der Waals surface area contributed by atoms with Crippen LogP contribution in [0, 0.1) is 0 Å². The predicted molar refractivity (Wildman–Crippen MR) is 112 cm³/mol. The molecule has 0 N–H and O–H groups in total. The van der Waals surface area contributed by atoms with Crippen LogP contribution in [0.2, 0.25) is 5.02 Å². The third kappa shape index (κ3) is 4.04. The van der Waals surface area contributed by atoms with Crippen molar-refractivity contribution < 1.29 is 9.53 Å². The lowest BCUT2D eigenvalue weighted by Gasteiger charge is -2.36. The molecule has 3 aromatic rings. The highest BCUT2D eigenvalue weighted by Crippen LogP contribution is 2.20. The van der Waals surface area contributed by atoms with E-state index in [2.05, 4.69) is 17.0 Å². The Balaban J connectivity index is 1.36. The third-order valence-corrected chi connectivity index (χ3v) is 5.23. The van der Waals surface area contributed by atoms with Crippen LogP contribution in [0.25, 0.3) is 10.9 Å². The number of fused-ring (bicyclic) bond motifs is 1. The lowest BCUT2D eigenvalue weighted by atomic mass is 10.2. The van der Waals surface area contributed by atoms with Crippen LogP contribution >= 0.6 is 11.6 Å². The van der Waals surface area contributed by atoms with Crippen LogP contribution < -0.4 is 9.64 Å².